The Hall–Kier alpha value is -1.90. The van der Waals surface area contributed by atoms with Crippen molar-refractivity contribution in [2.75, 3.05) is 20.2 Å². The van der Waals surface area contributed by atoms with Crippen molar-refractivity contribution in [3.63, 3.8) is 0 Å². The molecule has 0 saturated heterocycles. The van der Waals surface area contributed by atoms with Crippen LogP contribution in [0.2, 0.25) is 0 Å². The first kappa shape index (κ1) is 20.4. The minimum atomic E-state index is -3.74. The van der Waals surface area contributed by atoms with Crippen LogP contribution in [0.15, 0.2) is 40.6 Å². The summed E-state index contributed by atoms with van der Waals surface area (Å²) in [6.07, 6.45) is 0. The molecule has 1 N–H and O–H groups in total. The first-order valence-electron chi connectivity index (χ1n) is 8.37. The van der Waals surface area contributed by atoms with Gasteiger partial charge in [-0.1, -0.05) is 19.9 Å². The molecule has 1 aromatic heterocycles. The van der Waals surface area contributed by atoms with E-state index in [1.165, 1.54) is 23.5 Å². The number of hydrogen-bond acceptors (Lipinski definition) is 5. The maximum Gasteiger partial charge on any atom is 0.251 e. The van der Waals surface area contributed by atoms with Crippen molar-refractivity contribution >= 4 is 27.3 Å². The highest BCUT2D eigenvalue weighted by molar-refractivity contribution is 7.89. The first-order valence-corrected chi connectivity index (χ1v) is 10.7. The zero-order valence-corrected chi connectivity index (χ0v) is 17.0. The number of carbonyl (C=O) groups is 1. The van der Waals surface area contributed by atoms with Gasteiger partial charge >= 0.3 is 0 Å². The number of sulfonamides is 1. The van der Waals surface area contributed by atoms with Gasteiger partial charge < -0.3 is 10.1 Å². The maximum absolute atomic E-state index is 12.9. The third kappa shape index (κ3) is 4.25. The summed E-state index contributed by atoms with van der Waals surface area (Å²) < 4.78 is 32.3. The number of thiophene rings is 1. The summed E-state index contributed by atoms with van der Waals surface area (Å²) >= 11 is 1.55. The van der Waals surface area contributed by atoms with E-state index in [4.69, 9.17) is 4.74 Å². The molecule has 142 valence electrons. The van der Waals surface area contributed by atoms with Crippen LogP contribution < -0.4 is 10.1 Å². The Morgan fingerprint density at radius 3 is 2.50 bits per heavy atom. The third-order valence-corrected chi connectivity index (χ3v) is 7.19. The molecule has 0 aliphatic rings. The van der Waals surface area contributed by atoms with E-state index in [2.05, 4.69) is 5.32 Å². The Bertz CT molecular complexity index is 844. The predicted molar refractivity (Wildman–Crippen MR) is 103 cm³/mol. The molecular formula is C18H24N2O4S2. The fourth-order valence-corrected chi connectivity index (χ4v) is 4.98. The van der Waals surface area contributed by atoms with Gasteiger partial charge in [-0.3, -0.25) is 4.79 Å². The van der Waals surface area contributed by atoms with Crippen LogP contribution in [-0.4, -0.2) is 38.8 Å². The molecule has 2 rings (SSSR count). The van der Waals surface area contributed by atoms with E-state index in [1.807, 2.05) is 24.4 Å². The largest absolute Gasteiger partial charge is 0.495 e. The topological polar surface area (TPSA) is 75.7 Å². The molecule has 0 saturated carbocycles. The Morgan fingerprint density at radius 2 is 1.96 bits per heavy atom. The van der Waals surface area contributed by atoms with Crippen molar-refractivity contribution in [3.8, 4) is 5.75 Å². The Labute approximate surface area is 158 Å². The van der Waals surface area contributed by atoms with Gasteiger partial charge in [0.1, 0.15) is 10.6 Å². The Balaban J connectivity index is 2.35. The van der Waals surface area contributed by atoms with Crippen LogP contribution in [0, 0.1) is 0 Å². The van der Waals surface area contributed by atoms with Crippen LogP contribution in [0.5, 0.6) is 5.75 Å². The molecule has 0 unspecified atom stereocenters. The highest BCUT2D eigenvalue weighted by atomic mass is 32.2. The number of methoxy groups -OCH3 is 1. The van der Waals surface area contributed by atoms with E-state index in [9.17, 15) is 13.2 Å². The van der Waals surface area contributed by atoms with Gasteiger partial charge in [0.05, 0.1) is 13.2 Å². The number of ether oxygens (including phenoxy) is 1. The molecule has 1 aromatic carbocycles. The van der Waals surface area contributed by atoms with Crippen molar-refractivity contribution in [2.45, 2.75) is 31.7 Å². The predicted octanol–water partition coefficient (Wildman–Crippen LogP) is 3.28. The Morgan fingerprint density at radius 1 is 1.27 bits per heavy atom. The van der Waals surface area contributed by atoms with Crippen LogP contribution in [0.3, 0.4) is 0 Å². The average Bonchev–Trinajstić information content (AvgIpc) is 3.16. The second-order valence-corrected chi connectivity index (χ2v) is 8.55. The summed E-state index contributed by atoms with van der Waals surface area (Å²) in [4.78, 5) is 13.6. The molecule has 26 heavy (non-hydrogen) atoms. The lowest BCUT2D eigenvalue weighted by atomic mass is 10.2. The van der Waals surface area contributed by atoms with Crippen molar-refractivity contribution in [3.05, 3.63) is 46.2 Å². The Kier molecular flexibility index (Phi) is 6.80. The molecule has 6 nitrogen and oxygen atoms in total. The van der Waals surface area contributed by atoms with Gasteiger partial charge in [-0.2, -0.15) is 4.31 Å². The van der Waals surface area contributed by atoms with E-state index in [-0.39, 0.29) is 28.2 Å². The lowest BCUT2D eigenvalue weighted by Crippen LogP contribution is -2.31. The number of benzene rings is 1. The van der Waals surface area contributed by atoms with Gasteiger partial charge in [-0.15, -0.1) is 11.3 Å². The quantitative estimate of drug-likeness (QED) is 0.743. The van der Waals surface area contributed by atoms with Gasteiger partial charge in [-0.05, 0) is 36.6 Å². The van der Waals surface area contributed by atoms with Gasteiger partial charge in [0.2, 0.25) is 10.0 Å². The molecule has 0 bridgehead atoms. The maximum atomic E-state index is 12.9. The number of nitrogens with one attached hydrogen (secondary N) is 1. The van der Waals surface area contributed by atoms with E-state index in [1.54, 1.807) is 31.3 Å². The highest BCUT2D eigenvalue weighted by Crippen LogP contribution is 2.28. The van der Waals surface area contributed by atoms with Gasteiger partial charge in [0.25, 0.3) is 5.91 Å². The number of carbonyl (C=O) groups excluding carboxylic acids is 1. The second-order valence-electron chi connectivity index (χ2n) is 5.67. The van der Waals surface area contributed by atoms with Crippen molar-refractivity contribution in [1.82, 2.24) is 9.62 Å². The van der Waals surface area contributed by atoms with Crippen molar-refractivity contribution < 1.29 is 17.9 Å². The van der Waals surface area contributed by atoms with Crippen LogP contribution in [0.25, 0.3) is 0 Å². The molecule has 2 aromatic rings. The highest BCUT2D eigenvalue weighted by Gasteiger charge is 2.27. The third-order valence-electron chi connectivity index (χ3n) is 4.07. The SMILES string of the molecule is CCN(CC)S(=O)(=O)c1cc(C(=O)N[C@@H](C)c2cccs2)ccc1OC. The molecule has 0 radical (unpaired) electrons. The van der Waals surface area contributed by atoms with Gasteiger partial charge in [0.15, 0.2) is 0 Å². The molecule has 1 amide bonds. The molecule has 8 heteroatoms. The fourth-order valence-electron chi connectivity index (χ4n) is 2.61. The molecule has 1 atom stereocenters. The average molecular weight is 397 g/mol. The molecule has 0 aliphatic carbocycles. The molecule has 0 spiro atoms. The smallest absolute Gasteiger partial charge is 0.251 e. The molecule has 0 aliphatic heterocycles. The standard InChI is InChI=1S/C18H24N2O4S2/c1-5-20(6-2)26(22,23)17-12-14(9-10-15(17)24-4)18(21)19-13(3)16-8-7-11-25-16/h7-13H,5-6H2,1-4H3,(H,19,21)/t13-/m0/s1. The number of rotatable bonds is 8. The zero-order valence-electron chi connectivity index (χ0n) is 15.4. The molecule has 1 heterocycles. The summed E-state index contributed by atoms with van der Waals surface area (Å²) in [7, 11) is -2.33. The van der Waals surface area contributed by atoms with E-state index < -0.39 is 10.0 Å². The van der Waals surface area contributed by atoms with E-state index in [0.29, 0.717) is 13.1 Å². The van der Waals surface area contributed by atoms with Crippen LogP contribution in [0.4, 0.5) is 0 Å². The summed E-state index contributed by atoms with van der Waals surface area (Å²) in [5, 5.41) is 4.84. The summed E-state index contributed by atoms with van der Waals surface area (Å²) in [5.74, 6) is -0.107. The summed E-state index contributed by atoms with van der Waals surface area (Å²) in [6, 6.07) is 8.16. The normalized spacial score (nSPS) is 12.8. The van der Waals surface area contributed by atoms with Crippen molar-refractivity contribution in [1.29, 1.82) is 0 Å². The minimum absolute atomic E-state index is 0.000117. The lowest BCUT2D eigenvalue weighted by molar-refractivity contribution is 0.0940. The number of hydrogen-bond donors (Lipinski definition) is 1. The van der Waals surface area contributed by atoms with Gasteiger partial charge in [-0.25, -0.2) is 8.42 Å². The minimum Gasteiger partial charge on any atom is -0.495 e. The summed E-state index contributed by atoms with van der Waals surface area (Å²) in [6.45, 7) is 6.11. The zero-order chi connectivity index (χ0) is 19.3. The van der Waals surface area contributed by atoms with Crippen LogP contribution in [-0.2, 0) is 10.0 Å². The van der Waals surface area contributed by atoms with E-state index in [0.717, 1.165) is 4.88 Å². The van der Waals surface area contributed by atoms with Crippen LogP contribution >= 0.6 is 11.3 Å². The number of nitrogens with zero attached hydrogens (tertiary/aromatic N) is 1. The first-order chi connectivity index (χ1) is 12.3. The fraction of sp³-hybridized carbons (Fsp3) is 0.389. The van der Waals surface area contributed by atoms with Gasteiger partial charge in [0, 0.05) is 23.5 Å². The summed E-state index contributed by atoms with van der Waals surface area (Å²) in [5.41, 5.74) is 0.278. The van der Waals surface area contributed by atoms with Crippen molar-refractivity contribution in [2.24, 2.45) is 0 Å². The van der Waals surface area contributed by atoms with E-state index >= 15 is 0 Å². The molecule has 0 fully saturated rings. The monoisotopic (exact) mass is 396 g/mol. The molecular weight excluding hydrogens is 372 g/mol. The number of amides is 1. The van der Waals surface area contributed by atoms with Crippen LogP contribution in [0.1, 0.15) is 42.0 Å². The lowest BCUT2D eigenvalue weighted by Gasteiger charge is -2.20. The second kappa shape index (κ2) is 8.66.